The van der Waals surface area contributed by atoms with Gasteiger partial charge in [-0.2, -0.15) is 0 Å². The van der Waals surface area contributed by atoms with E-state index < -0.39 is 5.97 Å². The second-order valence-electron chi connectivity index (χ2n) is 4.23. The molecule has 5 heteroatoms. The Kier molecular flexibility index (Phi) is 4.00. The topological polar surface area (TPSA) is 87.0 Å². The molecule has 0 bridgehead atoms. The number of phenolic OH excluding ortho intramolecular Hbond substituents is 3. The zero-order valence-electron chi connectivity index (χ0n) is 11.1. The van der Waals surface area contributed by atoms with Crippen LogP contribution in [0.2, 0.25) is 0 Å². The molecule has 5 nitrogen and oxygen atoms in total. The first-order valence-corrected chi connectivity index (χ1v) is 6.01. The van der Waals surface area contributed by atoms with Gasteiger partial charge in [-0.1, -0.05) is 11.8 Å². The van der Waals surface area contributed by atoms with Gasteiger partial charge in [0.05, 0.1) is 0 Å². The maximum absolute atomic E-state index is 10.9. The lowest BCUT2D eigenvalue weighted by Crippen LogP contribution is -2.01. The van der Waals surface area contributed by atoms with Crippen LogP contribution in [0, 0.1) is 11.8 Å². The summed E-state index contributed by atoms with van der Waals surface area (Å²) in [6, 6.07) is 8.59. The van der Waals surface area contributed by atoms with Crippen LogP contribution in [-0.4, -0.2) is 21.3 Å². The van der Waals surface area contributed by atoms with Gasteiger partial charge in [0, 0.05) is 24.1 Å². The van der Waals surface area contributed by atoms with Gasteiger partial charge >= 0.3 is 5.97 Å². The van der Waals surface area contributed by atoms with Crippen LogP contribution in [0.25, 0.3) is 0 Å². The minimum absolute atomic E-state index is 0.0304. The third-order valence-corrected chi connectivity index (χ3v) is 2.54. The zero-order chi connectivity index (χ0) is 15.4. The largest absolute Gasteiger partial charge is 0.504 e. The quantitative estimate of drug-likeness (QED) is 0.323. The minimum Gasteiger partial charge on any atom is -0.504 e. The first-order valence-electron chi connectivity index (χ1n) is 6.01. The van der Waals surface area contributed by atoms with Crippen LogP contribution in [-0.2, 0) is 4.79 Å². The number of carbonyl (C=O) groups is 1. The molecular weight excluding hydrogens is 272 g/mol. The van der Waals surface area contributed by atoms with Gasteiger partial charge in [0.1, 0.15) is 0 Å². The Morgan fingerprint density at radius 2 is 1.48 bits per heavy atom. The van der Waals surface area contributed by atoms with Gasteiger partial charge in [-0.25, -0.2) is 0 Å². The summed E-state index contributed by atoms with van der Waals surface area (Å²) in [6.45, 7) is 1.23. The molecule has 3 N–H and O–H groups in total. The van der Waals surface area contributed by atoms with Crippen molar-refractivity contribution < 1.29 is 24.9 Å². The minimum atomic E-state index is -0.543. The molecule has 0 saturated heterocycles. The molecule has 0 amide bonds. The van der Waals surface area contributed by atoms with Crippen molar-refractivity contribution in [3.8, 4) is 34.8 Å². The van der Waals surface area contributed by atoms with Crippen molar-refractivity contribution in [1.29, 1.82) is 0 Å². The number of esters is 1. The Balaban J connectivity index is 2.29. The van der Waals surface area contributed by atoms with E-state index in [-0.39, 0.29) is 23.0 Å². The standard InChI is InChI=1S/C16H12O5/c1-10(17)21-16-9-12(5-7-14(16)19)3-2-11-4-6-13(18)15(20)8-11/h4-9,18-20H,1H3. The molecule has 0 saturated carbocycles. The fourth-order valence-electron chi connectivity index (χ4n) is 1.57. The van der Waals surface area contributed by atoms with E-state index in [1.165, 1.54) is 31.2 Å². The third kappa shape index (κ3) is 3.67. The van der Waals surface area contributed by atoms with E-state index >= 15 is 0 Å². The molecule has 0 aliphatic rings. The highest BCUT2D eigenvalue weighted by Gasteiger charge is 2.05. The van der Waals surface area contributed by atoms with Gasteiger partial charge < -0.3 is 20.1 Å². The molecule has 0 aromatic heterocycles. The molecule has 2 rings (SSSR count). The highest BCUT2D eigenvalue weighted by atomic mass is 16.5. The average molecular weight is 284 g/mol. The molecule has 0 fully saturated rings. The zero-order valence-corrected chi connectivity index (χ0v) is 11.1. The Hall–Kier alpha value is -3.13. The molecule has 0 unspecified atom stereocenters. The van der Waals surface area contributed by atoms with E-state index in [0.29, 0.717) is 11.1 Å². The van der Waals surface area contributed by atoms with Crippen molar-refractivity contribution in [2.75, 3.05) is 0 Å². The first kappa shape index (κ1) is 14.3. The van der Waals surface area contributed by atoms with Gasteiger partial charge in [-0.05, 0) is 30.3 Å². The summed E-state index contributed by atoms with van der Waals surface area (Å²) in [7, 11) is 0. The van der Waals surface area contributed by atoms with Gasteiger partial charge in [-0.15, -0.1) is 0 Å². The Bertz CT molecular complexity index is 753. The predicted molar refractivity (Wildman–Crippen MR) is 75.2 cm³/mol. The van der Waals surface area contributed by atoms with Gasteiger partial charge in [0.15, 0.2) is 23.0 Å². The molecule has 2 aromatic carbocycles. The second-order valence-corrected chi connectivity index (χ2v) is 4.23. The molecule has 0 radical (unpaired) electrons. The van der Waals surface area contributed by atoms with Crippen molar-refractivity contribution in [3.63, 3.8) is 0 Å². The molecule has 21 heavy (non-hydrogen) atoms. The summed E-state index contributed by atoms with van der Waals surface area (Å²) in [4.78, 5) is 10.9. The van der Waals surface area contributed by atoms with Crippen LogP contribution in [0.1, 0.15) is 18.1 Å². The summed E-state index contributed by atoms with van der Waals surface area (Å²) in [6.07, 6.45) is 0. The summed E-state index contributed by atoms with van der Waals surface area (Å²) in [5.74, 6) is 4.45. The normalized spacial score (nSPS) is 9.57. The number of rotatable bonds is 1. The monoisotopic (exact) mass is 284 g/mol. The molecule has 0 atom stereocenters. The second kappa shape index (κ2) is 5.88. The SMILES string of the molecule is CC(=O)Oc1cc(C#Cc2ccc(O)c(O)c2)ccc1O. The lowest BCUT2D eigenvalue weighted by molar-refractivity contribution is -0.132. The van der Waals surface area contributed by atoms with Crippen LogP contribution in [0.5, 0.6) is 23.0 Å². The molecular formula is C16H12O5. The number of phenols is 3. The van der Waals surface area contributed by atoms with E-state index in [0.717, 1.165) is 0 Å². The van der Waals surface area contributed by atoms with Crippen molar-refractivity contribution >= 4 is 5.97 Å². The fraction of sp³-hybridized carbons (Fsp3) is 0.0625. The van der Waals surface area contributed by atoms with Crippen LogP contribution in [0.3, 0.4) is 0 Å². The number of aromatic hydroxyl groups is 3. The van der Waals surface area contributed by atoms with E-state index in [1.54, 1.807) is 12.1 Å². The van der Waals surface area contributed by atoms with E-state index in [1.807, 2.05) is 0 Å². The predicted octanol–water partition coefficient (Wildman–Crippen LogP) is 2.13. The molecule has 0 aliphatic heterocycles. The number of benzene rings is 2. The van der Waals surface area contributed by atoms with E-state index in [9.17, 15) is 20.1 Å². The van der Waals surface area contributed by atoms with Crippen molar-refractivity contribution in [3.05, 3.63) is 47.5 Å². The summed E-state index contributed by atoms with van der Waals surface area (Å²) >= 11 is 0. The summed E-state index contributed by atoms with van der Waals surface area (Å²) < 4.78 is 4.84. The maximum atomic E-state index is 10.9. The van der Waals surface area contributed by atoms with Crippen LogP contribution in [0.15, 0.2) is 36.4 Å². The third-order valence-electron chi connectivity index (χ3n) is 2.54. The van der Waals surface area contributed by atoms with Crippen LogP contribution >= 0.6 is 0 Å². The number of hydrogen-bond donors (Lipinski definition) is 3. The van der Waals surface area contributed by atoms with Crippen molar-refractivity contribution in [2.45, 2.75) is 6.92 Å². The highest BCUT2D eigenvalue weighted by molar-refractivity contribution is 5.70. The van der Waals surface area contributed by atoms with Crippen molar-refractivity contribution in [2.24, 2.45) is 0 Å². The molecule has 2 aromatic rings. The highest BCUT2D eigenvalue weighted by Crippen LogP contribution is 2.27. The Morgan fingerprint density at radius 3 is 2.05 bits per heavy atom. The van der Waals surface area contributed by atoms with Gasteiger partial charge in [0.2, 0.25) is 0 Å². The molecule has 0 spiro atoms. The Morgan fingerprint density at radius 1 is 0.905 bits per heavy atom. The number of ether oxygens (including phenoxy) is 1. The lowest BCUT2D eigenvalue weighted by Gasteiger charge is -2.03. The van der Waals surface area contributed by atoms with Crippen molar-refractivity contribution in [1.82, 2.24) is 0 Å². The van der Waals surface area contributed by atoms with Crippen LogP contribution in [0.4, 0.5) is 0 Å². The average Bonchev–Trinajstić information content (AvgIpc) is 2.43. The fourth-order valence-corrected chi connectivity index (χ4v) is 1.57. The first-order chi connectivity index (χ1) is 9.95. The van der Waals surface area contributed by atoms with Crippen LogP contribution < -0.4 is 4.74 Å². The van der Waals surface area contributed by atoms with E-state index in [4.69, 9.17) is 4.74 Å². The molecule has 0 heterocycles. The van der Waals surface area contributed by atoms with Gasteiger partial charge in [0.25, 0.3) is 0 Å². The summed E-state index contributed by atoms with van der Waals surface area (Å²) in [5.41, 5.74) is 1.03. The summed E-state index contributed by atoms with van der Waals surface area (Å²) in [5, 5.41) is 28.1. The molecule has 106 valence electrons. The Labute approximate surface area is 121 Å². The van der Waals surface area contributed by atoms with Gasteiger partial charge in [-0.3, -0.25) is 4.79 Å². The lowest BCUT2D eigenvalue weighted by atomic mass is 10.1. The number of hydrogen-bond acceptors (Lipinski definition) is 5. The van der Waals surface area contributed by atoms with E-state index in [2.05, 4.69) is 11.8 Å². The molecule has 0 aliphatic carbocycles. The smallest absolute Gasteiger partial charge is 0.308 e. The maximum Gasteiger partial charge on any atom is 0.308 e. The number of carbonyl (C=O) groups excluding carboxylic acids is 1.